The zero-order valence-electron chi connectivity index (χ0n) is 27.9. The summed E-state index contributed by atoms with van der Waals surface area (Å²) in [6.07, 6.45) is 4.21. The molecule has 0 aromatic heterocycles. The third-order valence-corrected chi connectivity index (χ3v) is 11.9. The Kier molecular flexibility index (Phi) is 6.35. The van der Waals surface area contributed by atoms with Gasteiger partial charge in [-0.25, -0.2) is 0 Å². The molecule has 0 spiro atoms. The van der Waals surface area contributed by atoms with Crippen LogP contribution in [-0.2, 0) is 0 Å². The fourth-order valence-electron chi connectivity index (χ4n) is 9.48. The van der Waals surface area contributed by atoms with Crippen molar-refractivity contribution >= 4 is 68.8 Å². The van der Waals surface area contributed by atoms with Crippen molar-refractivity contribution in [2.75, 3.05) is 13.1 Å². The molecule has 15 heterocycles. The molecule has 16 bridgehead atoms. The van der Waals surface area contributed by atoms with Crippen LogP contribution in [0.4, 0.5) is 0 Å². The fourth-order valence-corrected chi connectivity index (χ4v) is 9.48. The van der Waals surface area contributed by atoms with Gasteiger partial charge in [-0.05, 0) is 74.2 Å². The van der Waals surface area contributed by atoms with Crippen molar-refractivity contribution in [1.29, 1.82) is 0 Å². The van der Waals surface area contributed by atoms with E-state index in [2.05, 4.69) is 0 Å². The maximum absolute atomic E-state index is 14.5. The highest BCUT2D eigenvalue weighted by molar-refractivity contribution is 6.35. The maximum atomic E-state index is 14.5. The second-order valence-corrected chi connectivity index (χ2v) is 14.5. The second-order valence-electron chi connectivity index (χ2n) is 14.5. The van der Waals surface area contributed by atoms with Gasteiger partial charge in [0.1, 0.15) is 0 Å². The van der Waals surface area contributed by atoms with Gasteiger partial charge >= 0.3 is 0 Å². The van der Waals surface area contributed by atoms with Crippen LogP contribution in [0.3, 0.4) is 0 Å². The first-order chi connectivity index (χ1) is 25.2. The normalized spacial score (nSPS) is 22.8. The number of hydrogen-bond acceptors (Lipinski definition) is 8. The Morgan fingerprint density at radius 2 is 0.577 bits per heavy atom. The third kappa shape index (κ3) is 3.81. The molecule has 0 saturated heterocycles. The molecule has 2 atom stereocenters. The zero-order chi connectivity index (χ0) is 35.7. The smallest absolute Gasteiger partial charge is 0.261 e. The summed E-state index contributed by atoms with van der Waals surface area (Å²) in [6, 6.07) is 10.6. The molecule has 258 valence electrons. The molecule has 1 aliphatic carbocycles. The van der Waals surface area contributed by atoms with Gasteiger partial charge in [0.15, 0.2) is 0 Å². The van der Waals surface area contributed by atoms with E-state index >= 15 is 0 Å². The molecule has 52 heavy (non-hydrogen) atoms. The molecule has 15 aliphatic heterocycles. The highest BCUT2D eigenvalue weighted by atomic mass is 16.2. The van der Waals surface area contributed by atoms with Crippen molar-refractivity contribution < 1.29 is 38.4 Å². The minimum absolute atomic E-state index is 0.159. The quantitative estimate of drug-likeness (QED) is 0.235. The SMILES string of the molecule is O=C1c2ccc3c4c5ccc(c24)C(=O)N1CCCCCCN1C(=O)c2ccc4c6c(ccc(c26)C1=O)C(=O)N(C4=O)[C@@H]1CCCC[C@H]1N(C3=O)C5=O. The Labute approximate surface area is 295 Å². The van der Waals surface area contributed by atoms with Gasteiger partial charge < -0.3 is 0 Å². The summed E-state index contributed by atoms with van der Waals surface area (Å²) in [5.74, 6) is -4.49. The minimum atomic E-state index is -0.854. The molecule has 0 N–H and O–H groups in total. The molecular formula is C40H30N4O8. The summed E-state index contributed by atoms with van der Waals surface area (Å²) >= 11 is 0. The van der Waals surface area contributed by atoms with Gasteiger partial charge in [0.25, 0.3) is 47.3 Å². The predicted molar refractivity (Wildman–Crippen MR) is 184 cm³/mol. The van der Waals surface area contributed by atoms with E-state index in [1.54, 1.807) is 0 Å². The van der Waals surface area contributed by atoms with Gasteiger partial charge in [-0.3, -0.25) is 58.0 Å². The molecule has 8 amide bonds. The lowest BCUT2D eigenvalue weighted by Gasteiger charge is -2.45. The summed E-state index contributed by atoms with van der Waals surface area (Å²) < 4.78 is 0. The van der Waals surface area contributed by atoms with E-state index in [-0.39, 0.29) is 79.1 Å². The lowest BCUT2D eigenvalue weighted by molar-refractivity contribution is 0.0241. The highest BCUT2D eigenvalue weighted by Crippen LogP contribution is 2.43. The van der Waals surface area contributed by atoms with Crippen molar-refractivity contribution in [3.63, 3.8) is 0 Å². The van der Waals surface area contributed by atoms with E-state index in [0.29, 0.717) is 51.4 Å². The van der Waals surface area contributed by atoms with Crippen LogP contribution in [0, 0.1) is 0 Å². The number of benzene rings is 4. The number of imide groups is 4. The number of rotatable bonds is 0. The molecule has 0 radical (unpaired) electrons. The molecule has 12 nitrogen and oxygen atoms in total. The monoisotopic (exact) mass is 694 g/mol. The number of carbonyl (C=O) groups is 8. The summed E-state index contributed by atoms with van der Waals surface area (Å²) in [5.41, 5.74) is 1.64. The third-order valence-electron chi connectivity index (χ3n) is 11.9. The Morgan fingerprint density at radius 1 is 0.327 bits per heavy atom. The van der Waals surface area contributed by atoms with E-state index in [1.165, 1.54) is 58.3 Å². The predicted octanol–water partition coefficient (Wildman–Crippen LogP) is 4.96. The van der Waals surface area contributed by atoms with Gasteiger partial charge in [0, 0.05) is 79.1 Å². The van der Waals surface area contributed by atoms with Crippen molar-refractivity contribution in [1.82, 2.24) is 19.6 Å². The Bertz CT molecular complexity index is 2170. The Hall–Kier alpha value is -6.04. The van der Waals surface area contributed by atoms with Crippen LogP contribution >= 0.6 is 0 Å². The zero-order valence-corrected chi connectivity index (χ0v) is 27.9. The van der Waals surface area contributed by atoms with E-state index in [1.807, 2.05) is 0 Å². The Balaban J connectivity index is 1.15. The lowest BCUT2D eigenvalue weighted by Crippen LogP contribution is -2.61. The first-order valence-electron chi connectivity index (χ1n) is 17.9. The van der Waals surface area contributed by atoms with Crippen LogP contribution in [0.2, 0.25) is 0 Å². The summed E-state index contributed by atoms with van der Waals surface area (Å²) in [4.78, 5) is 118. The van der Waals surface area contributed by atoms with Gasteiger partial charge in [-0.2, -0.15) is 0 Å². The standard InChI is InChI=1S/C40H30N4O8/c45-33-19-9-13-23-31-24-14-10-20(29(19)31)34(46)41(33)17-5-1-2-6-18-42-35(47)21-11-15-25-32-26(16-12-22(30(21)32)36(42)48)40(52)44(39(25)51)28-8-4-3-7-27(28)43(37(23)49)38(24)50/h9-16,27-28H,1-8,17-18H2/t27-,28-/m1/s1. The summed E-state index contributed by atoms with van der Waals surface area (Å²) in [5, 5.41) is 1.10. The molecule has 0 unspecified atom stereocenters. The van der Waals surface area contributed by atoms with Crippen LogP contribution in [-0.4, -0.2) is 92.0 Å². The molecule has 1 saturated carbocycles. The minimum Gasteiger partial charge on any atom is -0.274 e. The van der Waals surface area contributed by atoms with Gasteiger partial charge in [0.05, 0.1) is 12.1 Å². The average molecular weight is 695 g/mol. The van der Waals surface area contributed by atoms with Crippen molar-refractivity contribution in [2.24, 2.45) is 0 Å². The molecular weight excluding hydrogens is 664 g/mol. The van der Waals surface area contributed by atoms with Crippen LogP contribution in [0.25, 0.3) is 21.5 Å². The van der Waals surface area contributed by atoms with Crippen LogP contribution in [0.15, 0.2) is 48.5 Å². The van der Waals surface area contributed by atoms with Crippen LogP contribution in [0.1, 0.15) is 134 Å². The first-order valence-corrected chi connectivity index (χ1v) is 17.9. The number of hydrogen-bond donors (Lipinski definition) is 0. The van der Waals surface area contributed by atoms with Crippen molar-refractivity contribution in [3.8, 4) is 0 Å². The Morgan fingerprint density at radius 3 is 0.846 bits per heavy atom. The van der Waals surface area contributed by atoms with E-state index in [4.69, 9.17) is 0 Å². The average Bonchev–Trinajstić information content (AvgIpc) is 3.15. The number of carbonyl (C=O) groups excluding carboxylic acids is 8. The van der Waals surface area contributed by atoms with Gasteiger partial charge in [0.2, 0.25) is 0 Å². The summed E-state index contributed by atoms with van der Waals surface area (Å²) in [7, 11) is 0. The van der Waals surface area contributed by atoms with Crippen molar-refractivity contribution in [3.05, 3.63) is 93.0 Å². The second kappa shape index (κ2) is 10.7. The van der Waals surface area contributed by atoms with Crippen LogP contribution < -0.4 is 0 Å². The van der Waals surface area contributed by atoms with Crippen LogP contribution in [0.5, 0.6) is 0 Å². The maximum Gasteiger partial charge on any atom is 0.261 e. The highest BCUT2D eigenvalue weighted by Gasteiger charge is 2.49. The van der Waals surface area contributed by atoms with E-state index in [0.717, 1.165) is 9.80 Å². The van der Waals surface area contributed by atoms with Gasteiger partial charge in [-0.1, -0.05) is 25.7 Å². The largest absolute Gasteiger partial charge is 0.274 e. The lowest BCUT2D eigenvalue weighted by atomic mass is 9.81. The molecule has 16 aliphatic rings. The molecule has 20 rings (SSSR count). The number of nitrogens with zero attached hydrogens (tertiary/aromatic N) is 4. The van der Waals surface area contributed by atoms with E-state index < -0.39 is 59.3 Å². The van der Waals surface area contributed by atoms with Gasteiger partial charge in [-0.15, -0.1) is 0 Å². The van der Waals surface area contributed by atoms with E-state index in [9.17, 15) is 38.4 Å². The summed E-state index contributed by atoms with van der Waals surface area (Å²) in [6.45, 7) is 0.318. The number of amides is 8. The molecule has 1 fully saturated rings. The fraction of sp³-hybridized carbons (Fsp3) is 0.300. The first kappa shape index (κ1) is 30.8. The van der Waals surface area contributed by atoms with Crippen molar-refractivity contribution in [2.45, 2.75) is 63.5 Å². The molecule has 4 aromatic carbocycles. The molecule has 4 aromatic rings. The topological polar surface area (TPSA) is 150 Å². The molecule has 12 heteroatoms.